The smallest absolute Gasteiger partial charge is 0.223 e. The van der Waals surface area contributed by atoms with E-state index in [2.05, 4.69) is 20.1 Å². The molecule has 4 rings (SSSR count). The average molecular weight is 473 g/mol. The predicted molar refractivity (Wildman–Crippen MR) is 131 cm³/mol. The molecule has 0 radical (unpaired) electrons. The first kappa shape index (κ1) is 24.1. The average Bonchev–Trinajstić information content (AvgIpc) is 3.25. The molecule has 0 aliphatic heterocycles. The first-order chi connectivity index (χ1) is 16.6. The fourth-order valence-electron chi connectivity index (χ4n) is 3.60. The summed E-state index contributed by atoms with van der Waals surface area (Å²) in [7, 11) is 0. The van der Waals surface area contributed by atoms with Crippen molar-refractivity contribution < 1.29 is 19.2 Å². The summed E-state index contributed by atoms with van der Waals surface area (Å²) in [4.78, 5) is 25.8. The third-order valence-corrected chi connectivity index (χ3v) is 5.40. The summed E-state index contributed by atoms with van der Waals surface area (Å²) in [5, 5.41) is 14.5. The number of ketones is 1. The molecule has 0 amide bonds. The number of carbonyl (C=O) groups excluding carboxylic acids is 1. The fourth-order valence-corrected chi connectivity index (χ4v) is 3.60. The van der Waals surface area contributed by atoms with Gasteiger partial charge in [-0.25, -0.2) is 0 Å². The van der Waals surface area contributed by atoms with Crippen LogP contribution < -0.4 is 4.74 Å². The molecule has 0 fully saturated rings. The Kier molecular flexibility index (Phi) is 6.64. The van der Waals surface area contributed by atoms with Crippen LogP contribution in [0.4, 0.5) is 0 Å². The largest absolute Gasteiger partial charge is 0.507 e. The maximum atomic E-state index is 12.5. The molecule has 1 N–H and O–H groups in total. The number of nitrogens with zero attached hydrogens (tertiary/aromatic N) is 4. The molecule has 2 aromatic heterocycles. The Labute approximate surface area is 204 Å². The Morgan fingerprint density at radius 1 is 1.06 bits per heavy atom. The molecule has 2 aromatic carbocycles. The minimum atomic E-state index is -0.162. The number of aryl methyl sites for hydroxylation is 1. The van der Waals surface area contributed by atoms with E-state index in [0.717, 1.165) is 11.1 Å². The number of aromatic hydroxyl groups is 1. The van der Waals surface area contributed by atoms with E-state index in [4.69, 9.17) is 9.26 Å². The van der Waals surface area contributed by atoms with Crippen LogP contribution in [0.2, 0.25) is 0 Å². The lowest BCUT2D eigenvalue weighted by Crippen LogP contribution is -2.13. The zero-order valence-electron chi connectivity index (χ0n) is 20.5. The van der Waals surface area contributed by atoms with Gasteiger partial charge in [-0.15, -0.1) is 0 Å². The molecular formula is C27H28N4O4. The summed E-state index contributed by atoms with van der Waals surface area (Å²) in [6.45, 7) is 9.62. The van der Waals surface area contributed by atoms with E-state index in [1.54, 1.807) is 38.4 Å². The van der Waals surface area contributed by atoms with E-state index < -0.39 is 0 Å². The second kappa shape index (κ2) is 9.66. The van der Waals surface area contributed by atoms with Crippen molar-refractivity contribution >= 4 is 5.78 Å². The van der Waals surface area contributed by atoms with Gasteiger partial charge in [-0.3, -0.25) is 14.8 Å². The first-order valence-electron chi connectivity index (χ1n) is 11.3. The molecule has 8 nitrogen and oxygen atoms in total. The van der Waals surface area contributed by atoms with Gasteiger partial charge in [0.05, 0.1) is 29.3 Å². The Morgan fingerprint density at radius 2 is 1.83 bits per heavy atom. The Morgan fingerprint density at radius 3 is 2.49 bits per heavy atom. The van der Waals surface area contributed by atoms with Gasteiger partial charge < -0.3 is 14.4 Å². The zero-order valence-corrected chi connectivity index (χ0v) is 20.5. The highest BCUT2D eigenvalue weighted by molar-refractivity contribution is 5.99. The predicted octanol–water partition coefficient (Wildman–Crippen LogP) is 5.71. The summed E-state index contributed by atoms with van der Waals surface area (Å²) in [5.41, 5.74) is 3.70. The molecule has 0 unspecified atom stereocenters. The normalized spacial score (nSPS) is 11.5. The topological polar surface area (TPSA) is 111 Å². The van der Waals surface area contributed by atoms with Gasteiger partial charge in [0, 0.05) is 30.0 Å². The van der Waals surface area contributed by atoms with Crippen molar-refractivity contribution in [2.75, 3.05) is 0 Å². The highest BCUT2D eigenvalue weighted by Gasteiger charge is 2.21. The fraction of sp³-hybridized carbons (Fsp3) is 0.296. The second-order valence-corrected chi connectivity index (χ2v) is 9.64. The van der Waals surface area contributed by atoms with Crippen LogP contribution >= 0.6 is 0 Å². The van der Waals surface area contributed by atoms with Crippen LogP contribution in [-0.4, -0.2) is 31.0 Å². The number of aromatic nitrogens is 4. The van der Waals surface area contributed by atoms with Crippen LogP contribution in [0.5, 0.6) is 11.5 Å². The summed E-state index contributed by atoms with van der Waals surface area (Å²) < 4.78 is 10.9. The lowest BCUT2D eigenvalue weighted by Gasteiger charge is -2.18. The molecule has 0 spiro atoms. The second-order valence-electron chi connectivity index (χ2n) is 9.64. The zero-order chi connectivity index (χ0) is 25.2. The quantitative estimate of drug-likeness (QED) is 0.340. The molecule has 0 saturated carbocycles. The Hall–Kier alpha value is -4.07. The SMILES string of the molecule is Cc1nc(-c2cccc(-c3cnc(COc4ccc(C(=O)CC(C)(C)C)c(O)c4C)cn3)c2)no1. The maximum Gasteiger partial charge on any atom is 0.223 e. The molecule has 8 heteroatoms. The molecule has 180 valence electrons. The van der Waals surface area contributed by atoms with Crippen molar-refractivity contribution in [1.29, 1.82) is 0 Å². The van der Waals surface area contributed by atoms with Crippen LogP contribution in [0.3, 0.4) is 0 Å². The number of hydrogen-bond donors (Lipinski definition) is 1. The minimum absolute atomic E-state index is 0.0464. The molecule has 0 aliphatic carbocycles. The maximum absolute atomic E-state index is 12.5. The summed E-state index contributed by atoms with van der Waals surface area (Å²) in [6.07, 6.45) is 3.68. The van der Waals surface area contributed by atoms with Gasteiger partial charge in [0.15, 0.2) is 5.78 Å². The van der Waals surface area contributed by atoms with Gasteiger partial charge in [-0.2, -0.15) is 4.98 Å². The van der Waals surface area contributed by atoms with Crippen molar-refractivity contribution in [1.82, 2.24) is 20.1 Å². The first-order valence-corrected chi connectivity index (χ1v) is 11.3. The lowest BCUT2D eigenvalue weighted by atomic mass is 9.87. The molecule has 0 saturated heterocycles. The van der Waals surface area contributed by atoms with Gasteiger partial charge in [0.2, 0.25) is 11.7 Å². The molecular weight excluding hydrogens is 444 g/mol. The number of hydrogen-bond acceptors (Lipinski definition) is 8. The Balaban J connectivity index is 1.45. The molecule has 4 aromatic rings. The monoisotopic (exact) mass is 472 g/mol. The van der Waals surface area contributed by atoms with Crippen LogP contribution in [-0.2, 0) is 6.61 Å². The van der Waals surface area contributed by atoms with Crippen molar-refractivity contribution in [2.45, 2.75) is 47.6 Å². The number of carbonyl (C=O) groups is 1. The third-order valence-electron chi connectivity index (χ3n) is 5.40. The summed E-state index contributed by atoms with van der Waals surface area (Å²) in [5.74, 6) is 1.37. The third kappa shape index (κ3) is 5.71. The molecule has 2 heterocycles. The summed E-state index contributed by atoms with van der Waals surface area (Å²) in [6, 6.07) is 11.0. The van der Waals surface area contributed by atoms with Crippen LogP contribution in [0.15, 0.2) is 53.3 Å². The summed E-state index contributed by atoms with van der Waals surface area (Å²) >= 11 is 0. The molecule has 35 heavy (non-hydrogen) atoms. The van der Waals surface area contributed by atoms with E-state index in [1.807, 2.05) is 45.0 Å². The number of phenols is 1. The van der Waals surface area contributed by atoms with E-state index in [9.17, 15) is 9.90 Å². The van der Waals surface area contributed by atoms with Gasteiger partial charge in [0.1, 0.15) is 18.1 Å². The van der Waals surface area contributed by atoms with Gasteiger partial charge in [0.25, 0.3) is 0 Å². The number of phenolic OH excluding ortho intramolecular Hbond substituents is 1. The number of rotatable bonds is 7. The van der Waals surface area contributed by atoms with Gasteiger partial charge >= 0.3 is 0 Å². The number of ether oxygens (including phenoxy) is 1. The molecule has 0 aliphatic rings. The number of benzene rings is 2. The van der Waals surface area contributed by atoms with Gasteiger partial charge in [-0.1, -0.05) is 44.1 Å². The molecule has 0 bridgehead atoms. The van der Waals surface area contributed by atoms with Crippen LogP contribution in [0, 0.1) is 19.3 Å². The van der Waals surface area contributed by atoms with Crippen molar-refractivity contribution in [3.8, 4) is 34.1 Å². The van der Waals surface area contributed by atoms with Gasteiger partial charge in [-0.05, 0) is 30.5 Å². The minimum Gasteiger partial charge on any atom is -0.507 e. The Bertz CT molecular complexity index is 1350. The van der Waals surface area contributed by atoms with E-state index >= 15 is 0 Å². The highest BCUT2D eigenvalue weighted by atomic mass is 16.5. The van der Waals surface area contributed by atoms with Crippen molar-refractivity contribution in [3.63, 3.8) is 0 Å². The van der Waals surface area contributed by atoms with Crippen molar-refractivity contribution in [2.24, 2.45) is 5.41 Å². The van der Waals surface area contributed by atoms with E-state index in [-0.39, 0.29) is 23.6 Å². The lowest BCUT2D eigenvalue weighted by molar-refractivity contribution is 0.0937. The highest BCUT2D eigenvalue weighted by Crippen LogP contribution is 2.33. The van der Waals surface area contributed by atoms with E-state index in [1.165, 1.54) is 0 Å². The van der Waals surface area contributed by atoms with Crippen molar-refractivity contribution in [3.05, 3.63) is 71.5 Å². The van der Waals surface area contributed by atoms with Crippen LogP contribution in [0.25, 0.3) is 22.6 Å². The standard InChI is InChI=1S/C27H28N4O4/c1-16-24(10-9-21(25(16)33)23(32)12-27(3,4)5)34-15-20-13-29-22(14-28-20)18-7-6-8-19(11-18)26-30-17(2)35-31-26/h6-11,13-14,33H,12,15H2,1-5H3. The van der Waals surface area contributed by atoms with Crippen LogP contribution in [0.1, 0.15) is 54.7 Å². The number of Topliss-reactive ketones (excluding diaryl/α,β-unsaturated/α-hetero) is 1. The molecule has 0 atom stereocenters. The van der Waals surface area contributed by atoms with E-state index in [0.29, 0.717) is 46.4 Å².